The lowest BCUT2D eigenvalue weighted by molar-refractivity contribution is -0.153. The van der Waals surface area contributed by atoms with E-state index >= 15 is 0 Å². The first kappa shape index (κ1) is 28.5. The average molecular weight is 455 g/mol. The molecule has 0 aromatic heterocycles. The molecule has 7 N–H and O–H groups in total. The molecule has 1 aliphatic carbocycles. The molecule has 0 aromatic rings. The molecular weight excluding hydrogens is 408 g/mol. The molecule has 0 spiro atoms. The number of hydrazine groups is 1. The van der Waals surface area contributed by atoms with Crippen molar-refractivity contribution >= 4 is 17.6 Å². The second kappa shape index (κ2) is 12.7. The first-order valence-electron chi connectivity index (χ1n) is 12.2. The summed E-state index contributed by atoms with van der Waals surface area (Å²) in [7, 11) is 0. The number of nitrogens with two attached hydrogens (primary N) is 2. The summed E-state index contributed by atoms with van der Waals surface area (Å²) >= 11 is 0. The number of hydrogen-bond acceptors (Lipinski definition) is 6. The number of ketones is 1. The van der Waals surface area contributed by atoms with Crippen LogP contribution in [-0.2, 0) is 14.4 Å². The van der Waals surface area contributed by atoms with Crippen LogP contribution in [0.2, 0.25) is 0 Å². The highest BCUT2D eigenvalue weighted by molar-refractivity contribution is 5.93. The monoisotopic (exact) mass is 454 g/mol. The zero-order valence-electron chi connectivity index (χ0n) is 20.7. The van der Waals surface area contributed by atoms with E-state index in [1.807, 2.05) is 13.8 Å². The highest BCUT2D eigenvalue weighted by Gasteiger charge is 2.52. The summed E-state index contributed by atoms with van der Waals surface area (Å²) in [5.41, 5.74) is 7.71. The van der Waals surface area contributed by atoms with Crippen LogP contribution < -0.4 is 22.5 Å². The van der Waals surface area contributed by atoms with Crippen molar-refractivity contribution in [1.29, 1.82) is 0 Å². The van der Waals surface area contributed by atoms with Gasteiger partial charge in [0.2, 0.25) is 11.8 Å². The number of rotatable bonds is 13. The van der Waals surface area contributed by atoms with E-state index in [9.17, 15) is 19.6 Å². The normalized spacial score (nSPS) is 19.2. The molecule has 0 aliphatic heterocycles. The van der Waals surface area contributed by atoms with Gasteiger partial charge in [-0.3, -0.25) is 25.0 Å². The second-order valence-corrected chi connectivity index (χ2v) is 10.9. The van der Waals surface area contributed by atoms with Gasteiger partial charge in [-0.05, 0) is 38.0 Å². The third-order valence-electron chi connectivity index (χ3n) is 7.12. The Kier molecular flexibility index (Phi) is 11.3. The minimum absolute atomic E-state index is 0.0563. The Morgan fingerprint density at radius 1 is 1.09 bits per heavy atom. The van der Waals surface area contributed by atoms with Gasteiger partial charge in [0.25, 0.3) is 0 Å². The molecule has 1 aliphatic rings. The molecule has 1 rings (SSSR count). The molecule has 186 valence electrons. The highest BCUT2D eigenvalue weighted by atomic mass is 16.5. The summed E-state index contributed by atoms with van der Waals surface area (Å²) in [6, 6.07) is -0.695. The topological polar surface area (TPSA) is 148 Å². The van der Waals surface area contributed by atoms with Crippen molar-refractivity contribution in [3.8, 4) is 0 Å². The van der Waals surface area contributed by atoms with Crippen molar-refractivity contribution in [3.05, 3.63) is 0 Å². The van der Waals surface area contributed by atoms with Gasteiger partial charge in [0.15, 0.2) is 5.78 Å². The summed E-state index contributed by atoms with van der Waals surface area (Å²) in [6.07, 6.45) is 8.82. The highest BCUT2D eigenvalue weighted by Crippen LogP contribution is 2.47. The van der Waals surface area contributed by atoms with Crippen molar-refractivity contribution in [2.45, 2.75) is 105 Å². The van der Waals surface area contributed by atoms with Crippen LogP contribution in [0.4, 0.5) is 0 Å². The second-order valence-electron chi connectivity index (χ2n) is 10.9. The van der Waals surface area contributed by atoms with Gasteiger partial charge in [-0.15, -0.1) is 0 Å². The van der Waals surface area contributed by atoms with Crippen molar-refractivity contribution in [2.75, 3.05) is 0 Å². The predicted octanol–water partition coefficient (Wildman–Crippen LogP) is 3.21. The molecule has 1 fully saturated rings. The molecule has 8 nitrogen and oxygen atoms in total. The smallest absolute Gasteiger partial charge is 0.247 e. The zero-order valence-corrected chi connectivity index (χ0v) is 20.7. The van der Waals surface area contributed by atoms with Gasteiger partial charge < -0.3 is 5.73 Å². The number of amides is 2. The summed E-state index contributed by atoms with van der Waals surface area (Å²) in [6.45, 7) is 9.07. The van der Waals surface area contributed by atoms with E-state index < -0.39 is 34.6 Å². The standard InChI is InChI=1S/C24H46N4O4/c1-16(2)14-24(22(31)27-26,15-23(4,5)20(29)17(3)25)19(21(30)28-32)13-9-12-18-10-7-6-8-11-18/h16-19,32H,6-15,25-26H2,1-5H3,(H,27,31)(H,28,30)/t17-,19?,24-/m1/s1. The first-order valence-corrected chi connectivity index (χ1v) is 12.2. The van der Waals surface area contributed by atoms with Gasteiger partial charge in [-0.1, -0.05) is 72.6 Å². The minimum atomic E-state index is -1.25. The molecule has 3 atom stereocenters. The quantitative estimate of drug-likeness (QED) is 0.125. The number of hydroxylamine groups is 1. The summed E-state index contributed by atoms with van der Waals surface area (Å²) in [4.78, 5) is 39.2. The van der Waals surface area contributed by atoms with E-state index in [4.69, 9.17) is 11.6 Å². The van der Waals surface area contributed by atoms with E-state index in [0.29, 0.717) is 18.8 Å². The molecular formula is C24H46N4O4. The van der Waals surface area contributed by atoms with Gasteiger partial charge in [-0.2, -0.15) is 0 Å². The maximum absolute atomic E-state index is 13.3. The lowest BCUT2D eigenvalue weighted by atomic mass is 9.59. The SMILES string of the molecule is CC(C)C[C@](CC(C)(C)C(=O)[C@@H](C)N)(C(=O)NN)C(CCCC1CCCCC1)C(=O)NO. The van der Waals surface area contributed by atoms with E-state index in [1.54, 1.807) is 26.3 Å². The Morgan fingerprint density at radius 3 is 2.16 bits per heavy atom. The van der Waals surface area contributed by atoms with Crippen molar-refractivity contribution in [3.63, 3.8) is 0 Å². The summed E-state index contributed by atoms with van der Waals surface area (Å²) < 4.78 is 0. The van der Waals surface area contributed by atoms with Crippen LogP contribution in [0.1, 0.15) is 98.8 Å². The molecule has 0 radical (unpaired) electrons. The molecule has 0 heterocycles. The molecule has 8 heteroatoms. The maximum Gasteiger partial charge on any atom is 0.247 e. The van der Waals surface area contributed by atoms with Gasteiger partial charge >= 0.3 is 0 Å². The Labute approximate surface area is 193 Å². The Morgan fingerprint density at radius 2 is 1.69 bits per heavy atom. The Balaban J connectivity index is 3.33. The van der Waals surface area contributed by atoms with E-state index in [-0.39, 0.29) is 18.1 Å². The fraction of sp³-hybridized carbons (Fsp3) is 0.875. The molecule has 0 bridgehead atoms. The van der Waals surface area contributed by atoms with Crippen molar-refractivity contribution < 1.29 is 19.6 Å². The number of hydrogen-bond donors (Lipinski definition) is 5. The minimum Gasteiger partial charge on any atom is -0.322 e. The fourth-order valence-electron chi connectivity index (χ4n) is 5.86. The zero-order chi connectivity index (χ0) is 24.5. The van der Waals surface area contributed by atoms with E-state index in [1.165, 1.54) is 32.1 Å². The van der Waals surface area contributed by atoms with E-state index in [2.05, 4.69) is 5.43 Å². The number of Topliss-reactive ketones (excluding diaryl/α,β-unsaturated/α-hetero) is 1. The summed E-state index contributed by atoms with van der Waals surface area (Å²) in [5, 5.41) is 9.55. The van der Waals surface area contributed by atoms with Crippen molar-refractivity contribution in [1.82, 2.24) is 10.9 Å². The lowest BCUT2D eigenvalue weighted by Crippen LogP contribution is -2.56. The largest absolute Gasteiger partial charge is 0.322 e. The maximum atomic E-state index is 13.3. The fourth-order valence-corrected chi connectivity index (χ4v) is 5.86. The lowest BCUT2D eigenvalue weighted by Gasteiger charge is -2.44. The molecule has 0 saturated heterocycles. The third kappa shape index (κ3) is 7.52. The van der Waals surface area contributed by atoms with Crippen LogP contribution in [0.25, 0.3) is 0 Å². The van der Waals surface area contributed by atoms with Crippen molar-refractivity contribution in [2.24, 2.45) is 40.2 Å². The average Bonchev–Trinajstić information content (AvgIpc) is 2.74. The van der Waals surface area contributed by atoms with Crippen LogP contribution in [0.15, 0.2) is 0 Å². The van der Waals surface area contributed by atoms with Crippen LogP contribution in [0.3, 0.4) is 0 Å². The summed E-state index contributed by atoms with van der Waals surface area (Å²) in [5.74, 6) is 4.22. The van der Waals surface area contributed by atoms with Gasteiger partial charge in [0, 0.05) is 5.41 Å². The van der Waals surface area contributed by atoms with E-state index in [0.717, 1.165) is 12.8 Å². The number of nitrogens with one attached hydrogen (secondary N) is 2. The predicted molar refractivity (Wildman–Crippen MR) is 125 cm³/mol. The Hall–Kier alpha value is -1.51. The van der Waals surface area contributed by atoms with Gasteiger partial charge in [-0.25, -0.2) is 11.3 Å². The molecule has 0 aromatic carbocycles. The Bertz CT molecular complexity index is 629. The van der Waals surface area contributed by atoms with Crippen LogP contribution in [0, 0.1) is 28.6 Å². The van der Waals surface area contributed by atoms with Crippen LogP contribution in [0.5, 0.6) is 0 Å². The molecule has 1 saturated carbocycles. The number of carbonyl (C=O) groups excluding carboxylic acids is 3. The molecule has 2 amide bonds. The van der Waals surface area contributed by atoms with Crippen LogP contribution in [-0.4, -0.2) is 28.8 Å². The van der Waals surface area contributed by atoms with Gasteiger partial charge in [0.05, 0.1) is 17.4 Å². The third-order valence-corrected chi connectivity index (χ3v) is 7.12. The first-order chi connectivity index (χ1) is 14.9. The number of carbonyl (C=O) groups is 3. The molecule has 1 unspecified atom stereocenters. The van der Waals surface area contributed by atoms with Gasteiger partial charge in [0.1, 0.15) is 0 Å². The molecule has 32 heavy (non-hydrogen) atoms. The van der Waals surface area contributed by atoms with Crippen LogP contribution >= 0.6 is 0 Å².